The van der Waals surface area contributed by atoms with Gasteiger partial charge in [-0.15, -0.1) is 0 Å². The number of rotatable bonds is 6. The first-order valence-corrected chi connectivity index (χ1v) is 6.79. The fourth-order valence-electron chi connectivity index (χ4n) is 2.33. The molecule has 0 spiro atoms. The molecule has 4 N–H and O–H groups in total. The molecule has 1 amide bonds. The van der Waals surface area contributed by atoms with E-state index in [-0.39, 0.29) is 11.9 Å². The van der Waals surface area contributed by atoms with E-state index in [0.717, 1.165) is 29.3 Å². The average Bonchev–Trinajstić information content (AvgIpc) is 2.82. The number of aromatic amines is 1. The van der Waals surface area contributed by atoms with Crippen molar-refractivity contribution in [3.05, 3.63) is 36.0 Å². The van der Waals surface area contributed by atoms with E-state index in [0.29, 0.717) is 13.0 Å². The molecule has 1 heterocycles. The van der Waals surface area contributed by atoms with Crippen molar-refractivity contribution in [1.82, 2.24) is 10.3 Å². The highest BCUT2D eigenvalue weighted by molar-refractivity contribution is 5.88. The SMILES string of the molecule is CCCC(CN)NC(=O)Cc1c[nH]c2ccccc12. The molecule has 0 aliphatic rings. The van der Waals surface area contributed by atoms with Gasteiger partial charge in [0, 0.05) is 29.7 Å². The minimum atomic E-state index is 0.0358. The molecular weight excluding hydrogens is 238 g/mol. The van der Waals surface area contributed by atoms with Crippen LogP contribution in [-0.2, 0) is 11.2 Å². The summed E-state index contributed by atoms with van der Waals surface area (Å²) in [6, 6.07) is 8.09. The largest absolute Gasteiger partial charge is 0.361 e. The number of fused-ring (bicyclic) bond motifs is 1. The van der Waals surface area contributed by atoms with Crippen LogP contribution < -0.4 is 11.1 Å². The third-order valence-corrected chi connectivity index (χ3v) is 3.31. The zero-order valence-corrected chi connectivity index (χ0v) is 11.3. The van der Waals surface area contributed by atoms with Crippen LogP contribution in [0.25, 0.3) is 10.9 Å². The zero-order chi connectivity index (χ0) is 13.7. The monoisotopic (exact) mass is 259 g/mol. The van der Waals surface area contributed by atoms with E-state index in [9.17, 15) is 4.79 Å². The summed E-state index contributed by atoms with van der Waals surface area (Å²) >= 11 is 0. The van der Waals surface area contributed by atoms with Crippen molar-refractivity contribution < 1.29 is 4.79 Å². The summed E-state index contributed by atoms with van der Waals surface area (Å²) in [5, 5.41) is 4.10. The van der Waals surface area contributed by atoms with E-state index < -0.39 is 0 Å². The summed E-state index contributed by atoms with van der Waals surface area (Å²) in [5.41, 5.74) is 7.74. The maximum atomic E-state index is 12.0. The molecule has 0 bridgehead atoms. The molecule has 0 fully saturated rings. The van der Waals surface area contributed by atoms with Crippen LogP contribution in [0.1, 0.15) is 25.3 Å². The van der Waals surface area contributed by atoms with Crippen molar-refractivity contribution in [3.8, 4) is 0 Å². The summed E-state index contributed by atoms with van der Waals surface area (Å²) in [5.74, 6) is 0.0358. The lowest BCUT2D eigenvalue weighted by Gasteiger charge is -2.15. The fraction of sp³-hybridized carbons (Fsp3) is 0.400. The van der Waals surface area contributed by atoms with Gasteiger partial charge in [0.15, 0.2) is 0 Å². The van der Waals surface area contributed by atoms with E-state index in [4.69, 9.17) is 5.73 Å². The van der Waals surface area contributed by atoms with Gasteiger partial charge in [-0.2, -0.15) is 0 Å². The smallest absolute Gasteiger partial charge is 0.224 e. The van der Waals surface area contributed by atoms with Gasteiger partial charge in [-0.3, -0.25) is 4.79 Å². The zero-order valence-electron chi connectivity index (χ0n) is 11.3. The van der Waals surface area contributed by atoms with E-state index in [1.54, 1.807) is 0 Å². The highest BCUT2D eigenvalue weighted by Crippen LogP contribution is 2.18. The van der Waals surface area contributed by atoms with Gasteiger partial charge in [-0.1, -0.05) is 31.5 Å². The van der Waals surface area contributed by atoms with Gasteiger partial charge < -0.3 is 16.0 Å². The second-order valence-corrected chi connectivity index (χ2v) is 4.83. The molecule has 19 heavy (non-hydrogen) atoms. The first-order chi connectivity index (χ1) is 9.24. The van der Waals surface area contributed by atoms with Crippen LogP contribution in [0, 0.1) is 0 Å². The predicted octanol–water partition coefficient (Wildman–Crippen LogP) is 1.95. The number of hydrogen-bond acceptors (Lipinski definition) is 2. The third-order valence-electron chi connectivity index (χ3n) is 3.31. The topological polar surface area (TPSA) is 70.9 Å². The van der Waals surface area contributed by atoms with Crippen molar-refractivity contribution in [2.45, 2.75) is 32.2 Å². The van der Waals surface area contributed by atoms with Crippen molar-refractivity contribution >= 4 is 16.8 Å². The van der Waals surface area contributed by atoms with E-state index >= 15 is 0 Å². The van der Waals surface area contributed by atoms with Gasteiger partial charge in [0.25, 0.3) is 0 Å². The Morgan fingerprint density at radius 3 is 2.95 bits per heavy atom. The van der Waals surface area contributed by atoms with Crippen molar-refractivity contribution in [2.75, 3.05) is 6.54 Å². The van der Waals surface area contributed by atoms with Crippen LogP contribution in [0.15, 0.2) is 30.5 Å². The molecule has 4 nitrogen and oxygen atoms in total. The van der Waals surface area contributed by atoms with Crippen molar-refractivity contribution in [3.63, 3.8) is 0 Å². The second kappa shape index (κ2) is 6.38. The number of para-hydroxylation sites is 1. The summed E-state index contributed by atoms with van der Waals surface area (Å²) in [7, 11) is 0. The Morgan fingerprint density at radius 2 is 2.21 bits per heavy atom. The molecule has 1 unspecified atom stereocenters. The van der Waals surface area contributed by atoms with Crippen LogP contribution in [0.3, 0.4) is 0 Å². The van der Waals surface area contributed by atoms with Gasteiger partial charge >= 0.3 is 0 Å². The predicted molar refractivity (Wildman–Crippen MR) is 77.9 cm³/mol. The number of H-pyrrole nitrogens is 1. The van der Waals surface area contributed by atoms with E-state index in [1.165, 1.54) is 0 Å². The second-order valence-electron chi connectivity index (χ2n) is 4.83. The molecule has 102 valence electrons. The molecule has 0 aliphatic carbocycles. The number of carbonyl (C=O) groups excluding carboxylic acids is 1. The number of amides is 1. The van der Waals surface area contributed by atoms with Crippen LogP contribution >= 0.6 is 0 Å². The number of aromatic nitrogens is 1. The molecular formula is C15H21N3O. The lowest BCUT2D eigenvalue weighted by Crippen LogP contribution is -2.40. The normalized spacial score (nSPS) is 12.5. The number of nitrogens with two attached hydrogens (primary N) is 1. The number of carbonyl (C=O) groups is 1. The number of hydrogen-bond donors (Lipinski definition) is 3. The number of nitrogens with one attached hydrogen (secondary N) is 2. The van der Waals surface area contributed by atoms with Crippen LogP contribution in [-0.4, -0.2) is 23.5 Å². The Bertz CT molecular complexity index is 547. The highest BCUT2D eigenvalue weighted by atomic mass is 16.1. The van der Waals surface area contributed by atoms with Gasteiger partial charge in [0.1, 0.15) is 0 Å². The van der Waals surface area contributed by atoms with Crippen LogP contribution in [0.5, 0.6) is 0 Å². The molecule has 0 saturated carbocycles. The van der Waals surface area contributed by atoms with Crippen LogP contribution in [0.2, 0.25) is 0 Å². The Labute approximate surface area is 113 Å². The Kier molecular flexibility index (Phi) is 4.58. The quantitative estimate of drug-likeness (QED) is 0.742. The molecule has 4 heteroatoms. The molecule has 0 radical (unpaired) electrons. The Balaban J connectivity index is 2.02. The molecule has 1 aromatic heterocycles. The third kappa shape index (κ3) is 3.35. The van der Waals surface area contributed by atoms with E-state index in [1.807, 2.05) is 30.5 Å². The molecule has 2 rings (SSSR count). The van der Waals surface area contributed by atoms with Gasteiger partial charge in [0.05, 0.1) is 6.42 Å². The van der Waals surface area contributed by atoms with Gasteiger partial charge in [0.2, 0.25) is 5.91 Å². The lowest BCUT2D eigenvalue weighted by atomic mass is 10.1. The molecule has 0 aliphatic heterocycles. The Morgan fingerprint density at radius 1 is 1.42 bits per heavy atom. The van der Waals surface area contributed by atoms with Gasteiger partial charge in [-0.05, 0) is 18.1 Å². The summed E-state index contributed by atoms with van der Waals surface area (Å²) in [6.07, 6.45) is 4.25. The minimum absolute atomic E-state index is 0.0358. The molecule has 1 aromatic carbocycles. The van der Waals surface area contributed by atoms with Crippen LogP contribution in [0.4, 0.5) is 0 Å². The molecule has 0 saturated heterocycles. The minimum Gasteiger partial charge on any atom is -0.361 e. The first kappa shape index (κ1) is 13.6. The lowest BCUT2D eigenvalue weighted by molar-refractivity contribution is -0.121. The van der Waals surface area contributed by atoms with E-state index in [2.05, 4.69) is 17.2 Å². The summed E-state index contributed by atoms with van der Waals surface area (Å²) in [4.78, 5) is 15.2. The Hall–Kier alpha value is -1.81. The molecule has 1 atom stereocenters. The fourth-order valence-corrected chi connectivity index (χ4v) is 2.33. The number of benzene rings is 1. The summed E-state index contributed by atoms with van der Waals surface area (Å²) < 4.78 is 0. The van der Waals surface area contributed by atoms with Crippen molar-refractivity contribution in [1.29, 1.82) is 0 Å². The average molecular weight is 259 g/mol. The highest BCUT2D eigenvalue weighted by Gasteiger charge is 2.12. The molecule has 2 aromatic rings. The maximum Gasteiger partial charge on any atom is 0.224 e. The maximum absolute atomic E-state index is 12.0. The van der Waals surface area contributed by atoms with Crippen molar-refractivity contribution in [2.24, 2.45) is 5.73 Å². The first-order valence-electron chi connectivity index (χ1n) is 6.79. The van der Waals surface area contributed by atoms with Gasteiger partial charge in [-0.25, -0.2) is 0 Å². The standard InChI is InChI=1S/C15H21N3O/c1-2-5-12(9-16)18-15(19)8-11-10-17-14-7-4-3-6-13(11)14/h3-4,6-7,10,12,17H,2,5,8-9,16H2,1H3,(H,18,19). The summed E-state index contributed by atoms with van der Waals surface area (Å²) in [6.45, 7) is 2.59.